The zero-order chi connectivity index (χ0) is 13.1. The van der Waals surface area contributed by atoms with Crippen molar-refractivity contribution >= 4 is 29.0 Å². The summed E-state index contributed by atoms with van der Waals surface area (Å²) in [6, 6.07) is 0. The van der Waals surface area contributed by atoms with E-state index in [1.807, 2.05) is 13.2 Å². The maximum absolute atomic E-state index is 12.2. The van der Waals surface area contributed by atoms with Crippen LogP contribution in [0.4, 0.5) is 0 Å². The number of hydrogen-bond donors (Lipinski definition) is 1. The van der Waals surface area contributed by atoms with Gasteiger partial charge in [-0.05, 0) is 13.2 Å². The summed E-state index contributed by atoms with van der Waals surface area (Å²) < 4.78 is 6.27. The number of nitrogens with zero attached hydrogens (tertiary/aromatic N) is 2. The molecule has 1 aromatic rings. The third-order valence-electron chi connectivity index (χ3n) is 2.78. The van der Waals surface area contributed by atoms with Gasteiger partial charge in [0.05, 0.1) is 6.10 Å². The van der Waals surface area contributed by atoms with Gasteiger partial charge in [-0.25, -0.2) is 4.98 Å². The zero-order valence-electron chi connectivity index (χ0n) is 10.3. The standard InChI is InChI=1S/C11H16N2O3S2/c1-3-16-9-5-13(4-8(9)14)10(15)7-6-18-11(12-7)17-2/h6,8-9,14H,3-5H2,1-2H3/t8-,9-/m0/s1. The Morgan fingerprint density at radius 1 is 1.72 bits per heavy atom. The molecule has 0 spiro atoms. The molecule has 0 bridgehead atoms. The van der Waals surface area contributed by atoms with Gasteiger partial charge in [0, 0.05) is 25.1 Å². The molecular weight excluding hydrogens is 272 g/mol. The highest BCUT2D eigenvalue weighted by Crippen LogP contribution is 2.22. The van der Waals surface area contributed by atoms with Crippen LogP contribution in [-0.4, -0.2) is 59.1 Å². The summed E-state index contributed by atoms with van der Waals surface area (Å²) >= 11 is 2.98. The second-order valence-electron chi connectivity index (χ2n) is 3.97. The molecule has 0 saturated carbocycles. The molecule has 18 heavy (non-hydrogen) atoms. The summed E-state index contributed by atoms with van der Waals surface area (Å²) in [6.07, 6.45) is 1.04. The topological polar surface area (TPSA) is 62.7 Å². The van der Waals surface area contributed by atoms with Crippen LogP contribution in [0.2, 0.25) is 0 Å². The molecule has 100 valence electrons. The van der Waals surface area contributed by atoms with E-state index < -0.39 is 6.10 Å². The molecule has 1 fully saturated rings. The van der Waals surface area contributed by atoms with Gasteiger partial charge in [0.15, 0.2) is 0 Å². The van der Waals surface area contributed by atoms with Crippen LogP contribution in [0.25, 0.3) is 0 Å². The fourth-order valence-corrected chi connectivity index (χ4v) is 3.15. The van der Waals surface area contributed by atoms with E-state index in [2.05, 4.69) is 4.98 Å². The molecular formula is C11H16N2O3S2. The molecule has 7 heteroatoms. The van der Waals surface area contributed by atoms with Gasteiger partial charge >= 0.3 is 0 Å². The number of likely N-dealkylation sites (tertiary alicyclic amines) is 1. The van der Waals surface area contributed by atoms with Crippen LogP contribution in [-0.2, 0) is 4.74 Å². The normalized spacial score (nSPS) is 23.6. The van der Waals surface area contributed by atoms with Gasteiger partial charge in [0.25, 0.3) is 5.91 Å². The van der Waals surface area contributed by atoms with Crippen LogP contribution in [0.3, 0.4) is 0 Å². The lowest BCUT2D eigenvalue weighted by Gasteiger charge is -2.14. The van der Waals surface area contributed by atoms with Crippen molar-refractivity contribution in [3.8, 4) is 0 Å². The number of aromatic nitrogens is 1. The van der Waals surface area contributed by atoms with Gasteiger partial charge in [-0.3, -0.25) is 4.79 Å². The van der Waals surface area contributed by atoms with E-state index in [0.29, 0.717) is 25.4 Å². The van der Waals surface area contributed by atoms with E-state index in [1.165, 1.54) is 23.1 Å². The molecule has 1 aliphatic heterocycles. The monoisotopic (exact) mass is 288 g/mol. The van der Waals surface area contributed by atoms with Crippen molar-refractivity contribution in [1.29, 1.82) is 0 Å². The average molecular weight is 288 g/mol. The van der Waals surface area contributed by atoms with Crippen molar-refractivity contribution in [3.63, 3.8) is 0 Å². The lowest BCUT2D eigenvalue weighted by atomic mass is 10.3. The number of amides is 1. The molecule has 5 nitrogen and oxygen atoms in total. The van der Waals surface area contributed by atoms with Crippen molar-refractivity contribution in [1.82, 2.24) is 9.88 Å². The summed E-state index contributed by atoms with van der Waals surface area (Å²) in [5, 5.41) is 11.6. The molecule has 2 rings (SSSR count). The Balaban J connectivity index is 2.02. The fourth-order valence-electron chi connectivity index (χ4n) is 1.91. The number of thioether (sulfide) groups is 1. The molecule has 1 aromatic heterocycles. The van der Waals surface area contributed by atoms with Gasteiger partial charge in [0.2, 0.25) is 0 Å². The van der Waals surface area contributed by atoms with E-state index >= 15 is 0 Å². The Kier molecular flexibility index (Phi) is 4.60. The lowest BCUT2D eigenvalue weighted by Crippen LogP contribution is -2.30. The van der Waals surface area contributed by atoms with Crippen LogP contribution < -0.4 is 0 Å². The summed E-state index contributed by atoms with van der Waals surface area (Å²) in [5.74, 6) is -0.132. The minimum absolute atomic E-state index is 0.132. The summed E-state index contributed by atoms with van der Waals surface area (Å²) in [4.78, 5) is 18.0. The zero-order valence-corrected chi connectivity index (χ0v) is 12.0. The lowest BCUT2D eigenvalue weighted by molar-refractivity contribution is -0.00237. The Bertz CT molecular complexity index is 424. The molecule has 1 amide bonds. The first-order valence-electron chi connectivity index (χ1n) is 5.74. The number of thiazole rings is 1. The second-order valence-corrected chi connectivity index (χ2v) is 5.89. The minimum Gasteiger partial charge on any atom is -0.388 e. The molecule has 0 aromatic carbocycles. The van der Waals surface area contributed by atoms with E-state index in [4.69, 9.17) is 4.74 Å². The Hall–Kier alpha value is -0.630. The summed E-state index contributed by atoms with van der Waals surface area (Å²) in [5.41, 5.74) is 0.452. The molecule has 0 unspecified atom stereocenters. The molecule has 0 aliphatic carbocycles. The average Bonchev–Trinajstić information content (AvgIpc) is 2.96. The first-order chi connectivity index (χ1) is 8.65. The van der Waals surface area contributed by atoms with Crippen molar-refractivity contribution < 1.29 is 14.6 Å². The summed E-state index contributed by atoms with van der Waals surface area (Å²) in [7, 11) is 0. The highest BCUT2D eigenvalue weighted by Gasteiger charge is 2.35. The first kappa shape index (κ1) is 13.8. The third-order valence-corrected chi connectivity index (χ3v) is 4.64. The van der Waals surface area contributed by atoms with Gasteiger partial charge < -0.3 is 14.7 Å². The van der Waals surface area contributed by atoms with Crippen molar-refractivity contribution in [2.24, 2.45) is 0 Å². The highest BCUT2D eigenvalue weighted by molar-refractivity contribution is 8.00. The Labute approximate surface area is 114 Å². The third kappa shape index (κ3) is 2.85. The quantitative estimate of drug-likeness (QED) is 0.840. The van der Waals surface area contributed by atoms with Crippen LogP contribution in [0, 0.1) is 0 Å². The molecule has 2 heterocycles. The number of hydrogen-bond acceptors (Lipinski definition) is 6. The highest BCUT2D eigenvalue weighted by atomic mass is 32.2. The summed E-state index contributed by atoms with van der Waals surface area (Å²) in [6.45, 7) is 3.16. The van der Waals surface area contributed by atoms with Gasteiger partial charge in [-0.1, -0.05) is 11.8 Å². The number of β-amino-alcohol motifs (C(OH)–C–C–N with tert-alkyl or cyclic N) is 1. The molecule has 2 atom stereocenters. The molecule has 1 N–H and O–H groups in total. The van der Waals surface area contributed by atoms with Gasteiger partial charge in [-0.15, -0.1) is 11.3 Å². The van der Waals surface area contributed by atoms with Crippen LogP contribution in [0.15, 0.2) is 9.72 Å². The van der Waals surface area contributed by atoms with E-state index in [1.54, 1.807) is 10.3 Å². The molecule has 1 saturated heterocycles. The minimum atomic E-state index is -0.604. The Morgan fingerprint density at radius 3 is 3.11 bits per heavy atom. The largest absolute Gasteiger partial charge is 0.388 e. The van der Waals surface area contributed by atoms with Crippen LogP contribution in [0.1, 0.15) is 17.4 Å². The smallest absolute Gasteiger partial charge is 0.273 e. The fraction of sp³-hybridized carbons (Fsp3) is 0.636. The number of ether oxygens (including phenoxy) is 1. The Morgan fingerprint density at radius 2 is 2.50 bits per heavy atom. The van der Waals surface area contributed by atoms with Crippen molar-refractivity contribution in [3.05, 3.63) is 11.1 Å². The van der Waals surface area contributed by atoms with Crippen LogP contribution in [0.5, 0.6) is 0 Å². The van der Waals surface area contributed by atoms with Crippen molar-refractivity contribution in [2.75, 3.05) is 26.0 Å². The van der Waals surface area contributed by atoms with E-state index in [-0.39, 0.29) is 12.0 Å². The number of rotatable bonds is 4. The van der Waals surface area contributed by atoms with Gasteiger partial charge in [0.1, 0.15) is 16.1 Å². The maximum atomic E-state index is 12.2. The number of carbonyl (C=O) groups is 1. The van der Waals surface area contributed by atoms with E-state index in [9.17, 15) is 9.90 Å². The van der Waals surface area contributed by atoms with Gasteiger partial charge in [-0.2, -0.15) is 0 Å². The van der Waals surface area contributed by atoms with E-state index in [0.717, 1.165) is 4.34 Å². The number of aliphatic hydroxyl groups excluding tert-OH is 1. The maximum Gasteiger partial charge on any atom is 0.273 e. The number of carbonyl (C=O) groups excluding carboxylic acids is 1. The second kappa shape index (κ2) is 6.01. The first-order valence-corrected chi connectivity index (χ1v) is 7.84. The van der Waals surface area contributed by atoms with Crippen molar-refractivity contribution in [2.45, 2.75) is 23.5 Å². The molecule has 0 radical (unpaired) electrons. The van der Waals surface area contributed by atoms with Crippen LogP contribution >= 0.6 is 23.1 Å². The SMILES string of the molecule is CCO[C@H]1CN(C(=O)c2csc(SC)n2)C[C@@H]1O. The predicted molar refractivity (Wildman–Crippen MR) is 71.2 cm³/mol. The molecule has 1 aliphatic rings. The number of aliphatic hydroxyl groups is 1. The predicted octanol–water partition coefficient (Wildman–Crippen LogP) is 1.09.